The maximum absolute atomic E-state index is 12.4. The Hall–Kier alpha value is -1.92. The molecule has 1 aromatic heterocycles. The number of aromatic nitrogens is 1. The van der Waals surface area contributed by atoms with Crippen LogP contribution in [0.15, 0.2) is 35.8 Å². The third kappa shape index (κ3) is 5.33. The van der Waals surface area contributed by atoms with E-state index in [9.17, 15) is 9.59 Å². The fraction of sp³-hybridized carbons (Fsp3) is 0.312. The maximum Gasteiger partial charge on any atom is 0.251 e. The summed E-state index contributed by atoms with van der Waals surface area (Å²) in [5.41, 5.74) is 0.463. The highest BCUT2D eigenvalue weighted by atomic mass is 35.5. The minimum atomic E-state index is -0.623. The minimum absolute atomic E-state index is 0.257. The van der Waals surface area contributed by atoms with E-state index in [1.54, 1.807) is 35.8 Å². The van der Waals surface area contributed by atoms with Crippen LogP contribution in [0.4, 0.5) is 5.13 Å². The summed E-state index contributed by atoms with van der Waals surface area (Å²) in [6, 6.07) is 5.92. The predicted molar refractivity (Wildman–Crippen MR) is 92.9 cm³/mol. The zero-order chi connectivity index (χ0) is 16.8. The van der Waals surface area contributed by atoms with Gasteiger partial charge in [-0.2, -0.15) is 0 Å². The second kappa shape index (κ2) is 8.08. The molecule has 0 aliphatic heterocycles. The van der Waals surface area contributed by atoms with Gasteiger partial charge in [-0.3, -0.25) is 9.59 Å². The summed E-state index contributed by atoms with van der Waals surface area (Å²) in [6.07, 6.45) is 2.15. The summed E-state index contributed by atoms with van der Waals surface area (Å²) in [5, 5.41) is 8.36. The predicted octanol–water partition coefficient (Wildman–Crippen LogP) is 3.58. The summed E-state index contributed by atoms with van der Waals surface area (Å²) >= 11 is 7.15. The first-order valence-corrected chi connectivity index (χ1v) is 8.48. The van der Waals surface area contributed by atoms with Crippen LogP contribution in [0.25, 0.3) is 0 Å². The number of rotatable bonds is 6. The number of amides is 2. The Balaban J connectivity index is 2.06. The molecule has 1 atom stereocenters. The molecule has 5 nitrogen and oxygen atoms in total. The second-order valence-corrected chi connectivity index (χ2v) is 6.82. The summed E-state index contributed by atoms with van der Waals surface area (Å²) < 4.78 is 0. The molecule has 1 heterocycles. The van der Waals surface area contributed by atoms with E-state index < -0.39 is 6.04 Å². The van der Waals surface area contributed by atoms with E-state index >= 15 is 0 Å². The lowest BCUT2D eigenvalue weighted by molar-refractivity contribution is -0.118. The van der Waals surface area contributed by atoms with Gasteiger partial charge in [0, 0.05) is 22.2 Å². The number of carbonyl (C=O) groups excluding carboxylic acids is 2. The number of carbonyl (C=O) groups is 2. The lowest BCUT2D eigenvalue weighted by Gasteiger charge is -2.19. The van der Waals surface area contributed by atoms with E-state index in [0.717, 1.165) is 0 Å². The van der Waals surface area contributed by atoms with Crippen molar-refractivity contribution in [2.75, 3.05) is 5.32 Å². The van der Waals surface area contributed by atoms with Crippen molar-refractivity contribution in [3.63, 3.8) is 0 Å². The largest absolute Gasteiger partial charge is 0.340 e. The van der Waals surface area contributed by atoms with Gasteiger partial charge in [-0.05, 0) is 36.6 Å². The zero-order valence-corrected chi connectivity index (χ0v) is 14.4. The van der Waals surface area contributed by atoms with Gasteiger partial charge in [0.25, 0.3) is 5.91 Å². The van der Waals surface area contributed by atoms with Gasteiger partial charge in [-0.15, -0.1) is 11.3 Å². The van der Waals surface area contributed by atoms with E-state index in [0.29, 0.717) is 22.1 Å². The van der Waals surface area contributed by atoms with Gasteiger partial charge in [-0.25, -0.2) is 4.98 Å². The number of hydrogen-bond donors (Lipinski definition) is 2. The Labute approximate surface area is 144 Å². The van der Waals surface area contributed by atoms with Gasteiger partial charge in [0.2, 0.25) is 5.91 Å². The molecule has 2 rings (SSSR count). The third-order valence-corrected chi connectivity index (χ3v) is 4.04. The van der Waals surface area contributed by atoms with Crippen molar-refractivity contribution in [1.29, 1.82) is 0 Å². The van der Waals surface area contributed by atoms with Crippen LogP contribution < -0.4 is 10.6 Å². The third-order valence-electron chi connectivity index (χ3n) is 3.10. The van der Waals surface area contributed by atoms with Crippen LogP contribution in [0.2, 0.25) is 5.02 Å². The minimum Gasteiger partial charge on any atom is -0.340 e. The maximum atomic E-state index is 12.4. The molecule has 1 aromatic carbocycles. The van der Waals surface area contributed by atoms with Gasteiger partial charge >= 0.3 is 0 Å². The number of nitrogens with zero attached hydrogens (tertiary/aromatic N) is 1. The monoisotopic (exact) mass is 351 g/mol. The summed E-state index contributed by atoms with van der Waals surface area (Å²) in [5.74, 6) is -0.315. The van der Waals surface area contributed by atoms with E-state index in [1.165, 1.54) is 11.3 Å². The van der Waals surface area contributed by atoms with Crippen molar-refractivity contribution in [3.05, 3.63) is 46.4 Å². The molecule has 0 fully saturated rings. The van der Waals surface area contributed by atoms with Crippen LogP contribution in [0, 0.1) is 5.92 Å². The Morgan fingerprint density at radius 1 is 1.26 bits per heavy atom. The Morgan fingerprint density at radius 2 is 1.96 bits per heavy atom. The van der Waals surface area contributed by atoms with Crippen molar-refractivity contribution < 1.29 is 9.59 Å². The number of benzene rings is 1. The molecule has 23 heavy (non-hydrogen) atoms. The van der Waals surface area contributed by atoms with E-state index in [2.05, 4.69) is 15.6 Å². The first kappa shape index (κ1) is 17.4. The Bertz CT molecular complexity index is 656. The quantitative estimate of drug-likeness (QED) is 0.835. The smallest absolute Gasteiger partial charge is 0.251 e. The molecule has 0 aliphatic rings. The Morgan fingerprint density at radius 3 is 2.52 bits per heavy atom. The van der Waals surface area contributed by atoms with Gasteiger partial charge in [0.1, 0.15) is 6.04 Å². The van der Waals surface area contributed by atoms with Gasteiger partial charge < -0.3 is 10.6 Å². The van der Waals surface area contributed by atoms with Crippen molar-refractivity contribution >= 4 is 39.9 Å². The molecular formula is C16H18ClN3O2S. The molecule has 0 radical (unpaired) electrons. The molecular weight excluding hydrogens is 334 g/mol. The molecule has 2 amide bonds. The van der Waals surface area contributed by atoms with Crippen molar-refractivity contribution in [3.8, 4) is 0 Å². The standard InChI is InChI=1S/C16H18ClN3O2S/c1-10(2)9-13(15(22)20-16-18-7-8-23-16)19-14(21)11-3-5-12(17)6-4-11/h3-8,10,13H,9H2,1-2H3,(H,19,21)(H,18,20,22)/t13-/m1/s1. The number of halogens is 1. The van der Waals surface area contributed by atoms with E-state index in [4.69, 9.17) is 11.6 Å². The van der Waals surface area contributed by atoms with Crippen LogP contribution in [-0.2, 0) is 4.79 Å². The number of nitrogens with one attached hydrogen (secondary N) is 2. The summed E-state index contributed by atoms with van der Waals surface area (Å²) in [7, 11) is 0. The number of anilines is 1. The van der Waals surface area contributed by atoms with Crippen molar-refractivity contribution in [1.82, 2.24) is 10.3 Å². The molecule has 0 bridgehead atoms. The molecule has 0 saturated carbocycles. The molecule has 0 unspecified atom stereocenters. The van der Waals surface area contributed by atoms with E-state index in [1.807, 2.05) is 13.8 Å². The molecule has 2 aromatic rings. The fourth-order valence-corrected chi connectivity index (χ4v) is 2.68. The average Bonchev–Trinajstić information content (AvgIpc) is 2.99. The van der Waals surface area contributed by atoms with Crippen LogP contribution in [0.3, 0.4) is 0 Å². The summed E-state index contributed by atoms with van der Waals surface area (Å²) in [6.45, 7) is 4.00. The molecule has 0 aliphatic carbocycles. The van der Waals surface area contributed by atoms with Crippen LogP contribution in [-0.4, -0.2) is 22.8 Å². The molecule has 0 saturated heterocycles. The lowest BCUT2D eigenvalue weighted by Crippen LogP contribution is -2.44. The second-order valence-electron chi connectivity index (χ2n) is 5.49. The van der Waals surface area contributed by atoms with Gasteiger partial charge in [0.15, 0.2) is 5.13 Å². The first-order chi connectivity index (χ1) is 11.0. The highest BCUT2D eigenvalue weighted by Crippen LogP contribution is 2.14. The zero-order valence-electron chi connectivity index (χ0n) is 12.9. The van der Waals surface area contributed by atoms with Crippen molar-refractivity contribution in [2.45, 2.75) is 26.3 Å². The highest BCUT2D eigenvalue weighted by molar-refractivity contribution is 7.13. The molecule has 7 heteroatoms. The fourth-order valence-electron chi connectivity index (χ4n) is 2.02. The van der Waals surface area contributed by atoms with Crippen LogP contribution in [0.5, 0.6) is 0 Å². The van der Waals surface area contributed by atoms with Gasteiger partial charge in [-0.1, -0.05) is 25.4 Å². The number of thiazole rings is 1. The van der Waals surface area contributed by atoms with Crippen molar-refractivity contribution in [2.24, 2.45) is 5.92 Å². The summed E-state index contributed by atoms with van der Waals surface area (Å²) in [4.78, 5) is 28.7. The number of hydrogen-bond acceptors (Lipinski definition) is 4. The van der Waals surface area contributed by atoms with Gasteiger partial charge in [0.05, 0.1) is 0 Å². The first-order valence-electron chi connectivity index (χ1n) is 7.22. The SMILES string of the molecule is CC(C)C[C@@H](NC(=O)c1ccc(Cl)cc1)C(=O)Nc1nccs1. The lowest BCUT2D eigenvalue weighted by atomic mass is 10.0. The van der Waals surface area contributed by atoms with Crippen LogP contribution >= 0.6 is 22.9 Å². The van der Waals surface area contributed by atoms with Crippen LogP contribution in [0.1, 0.15) is 30.6 Å². The highest BCUT2D eigenvalue weighted by Gasteiger charge is 2.23. The average molecular weight is 352 g/mol. The molecule has 0 spiro atoms. The Kier molecular flexibility index (Phi) is 6.12. The topological polar surface area (TPSA) is 71.1 Å². The van der Waals surface area contributed by atoms with E-state index in [-0.39, 0.29) is 17.7 Å². The normalized spacial score (nSPS) is 12.0. The molecule has 2 N–H and O–H groups in total. The molecule has 122 valence electrons.